The monoisotopic (exact) mass is 411 g/mol. The maximum Gasteiger partial charge on any atom is 0.262 e. The van der Waals surface area contributed by atoms with Crippen molar-refractivity contribution in [1.29, 1.82) is 0 Å². The van der Waals surface area contributed by atoms with Crippen LogP contribution in [0.15, 0.2) is 48.6 Å². The molecule has 0 atom stereocenters. The summed E-state index contributed by atoms with van der Waals surface area (Å²) in [7, 11) is 0. The van der Waals surface area contributed by atoms with Gasteiger partial charge in [0.05, 0.1) is 11.3 Å². The molecule has 1 fully saturated rings. The molecule has 7 nitrogen and oxygen atoms in total. The highest BCUT2D eigenvalue weighted by Gasteiger charge is 2.25. The van der Waals surface area contributed by atoms with Crippen LogP contribution in [0.1, 0.15) is 30.1 Å². The second-order valence-corrected chi connectivity index (χ2v) is 7.56. The molecule has 0 bridgehead atoms. The van der Waals surface area contributed by atoms with Gasteiger partial charge >= 0.3 is 0 Å². The summed E-state index contributed by atoms with van der Waals surface area (Å²) in [5, 5.41) is 0. The van der Waals surface area contributed by atoms with Crippen LogP contribution >= 0.6 is 0 Å². The number of fused-ring (bicyclic) bond motifs is 1. The summed E-state index contributed by atoms with van der Waals surface area (Å²) in [6, 6.07) is 5.87. The van der Waals surface area contributed by atoms with Crippen LogP contribution in [0.25, 0.3) is 0 Å². The maximum atomic E-state index is 13.6. The van der Waals surface area contributed by atoms with Gasteiger partial charge in [0.1, 0.15) is 17.8 Å². The number of ether oxygens (including phenoxy) is 1. The predicted molar refractivity (Wildman–Crippen MR) is 112 cm³/mol. The fraction of sp³-hybridized carbons (Fsp3) is 0.409. The molecule has 0 aliphatic carbocycles. The van der Waals surface area contributed by atoms with E-state index in [0.29, 0.717) is 12.3 Å². The molecular formula is C22H26FN5O2. The molecule has 4 rings (SSSR count). The summed E-state index contributed by atoms with van der Waals surface area (Å²) in [5.74, 6) is 0.527. The Morgan fingerprint density at radius 3 is 2.57 bits per heavy atom. The molecule has 1 aromatic carbocycles. The highest BCUT2D eigenvalue weighted by molar-refractivity contribution is 5.98. The van der Waals surface area contributed by atoms with Crippen LogP contribution in [-0.4, -0.2) is 64.9 Å². The minimum Gasteiger partial charge on any atom is -0.462 e. The molecule has 2 aliphatic rings. The van der Waals surface area contributed by atoms with Crippen molar-refractivity contribution in [2.75, 3.05) is 44.2 Å². The number of hydrogen-bond donors (Lipinski definition) is 0. The standard InChI is InChI=1S/C22H26FN5O2/c1-17-16-30-20-6-5-18(23)15-19(20)21(29)28(17)10-3-2-9-26-11-13-27(14-12-26)22-24-7-4-8-25-22/h4-8,15-16H,2-3,9-14H2,1H3. The fourth-order valence-corrected chi connectivity index (χ4v) is 3.80. The molecule has 0 unspecified atom stereocenters. The second-order valence-electron chi connectivity index (χ2n) is 7.56. The fourth-order valence-electron chi connectivity index (χ4n) is 3.80. The minimum absolute atomic E-state index is 0.216. The van der Waals surface area contributed by atoms with E-state index in [-0.39, 0.29) is 11.5 Å². The number of amides is 1. The number of rotatable bonds is 6. The van der Waals surface area contributed by atoms with Crippen molar-refractivity contribution in [3.63, 3.8) is 0 Å². The summed E-state index contributed by atoms with van der Waals surface area (Å²) in [4.78, 5) is 27.8. The highest BCUT2D eigenvalue weighted by atomic mass is 19.1. The molecule has 0 spiro atoms. The Hall–Kier alpha value is -3.00. The SMILES string of the molecule is CC1=COc2ccc(F)cc2C(=O)N1CCCCN1CCN(c2ncccn2)CC1. The first-order valence-corrected chi connectivity index (χ1v) is 10.3. The van der Waals surface area contributed by atoms with E-state index in [0.717, 1.165) is 57.2 Å². The Morgan fingerprint density at radius 2 is 1.80 bits per heavy atom. The van der Waals surface area contributed by atoms with Crippen LogP contribution in [0.2, 0.25) is 0 Å². The van der Waals surface area contributed by atoms with Gasteiger partial charge in [-0.15, -0.1) is 0 Å². The van der Waals surface area contributed by atoms with Gasteiger partial charge in [0, 0.05) is 45.1 Å². The summed E-state index contributed by atoms with van der Waals surface area (Å²) in [5.41, 5.74) is 0.996. The topological polar surface area (TPSA) is 61.8 Å². The number of anilines is 1. The molecule has 0 N–H and O–H groups in total. The van der Waals surface area contributed by atoms with Crippen molar-refractivity contribution >= 4 is 11.9 Å². The maximum absolute atomic E-state index is 13.6. The number of benzene rings is 1. The summed E-state index contributed by atoms with van der Waals surface area (Å²) in [6.45, 7) is 7.17. The number of unbranched alkanes of at least 4 members (excludes halogenated alkanes) is 1. The van der Waals surface area contributed by atoms with E-state index in [4.69, 9.17) is 4.74 Å². The Balaban J connectivity index is 1.25. The number of halogens is 1. The van der Waals surface area contributed by atoms with Gasteiger partial charge in [0.2, 0.25) is 5.95 Å². The molecule has 8 heteroatoms. The molecule has 1 saturated heterocycles. The van der Waals surface area contributed by atoms with Gasteiger partial charge in [-0.25, -0.2) is 14.4 Å². The number of hydrogen-bond acceptors (Lipinski definition) is 6. The van der Waals surface area contributed by atoms with E-state index in [1.54, 1.807) is 23.6 Å². The van der Waals surface area contributed by atoms with Crippen molar-refractivity contribution in [1.82, 2.24) is 19.8 Å². The van der Waals surface area contributed by atoms with Crippen LogP contribution in [0.4, 0.5) is 10.3 Å². The molecule has 1 amide bonds. The van der Waals surface area contributed by atoms with Crippen molar-refractivity contribution in [2.45, 2.75) is 19.8 Å². The first-order valence-electron chi connectivity index (χ1n) is 10.3. The Labute approximate surface area is 175 Å². The van der Waals surface area contributed by atoms with Gasteiger partial charge in [-0.3, -0.25) is 9.69 Å². The second kappa shape index (κ2) is 9.21. The average molecular weight is 411 g/mol. The average Bonchev–Trinajstić information content (AvgIpc) is 2.89. The number of piperazine rings is 1. The molecule has 2 aliphatic heterocycles. The van der Waals surface area contributed by atoms with E-state index in [2.05, 4.69) is 19.8 Å². The smallest absolute Gasteiger partial charge is 0.262 e. The van der Waals surface area contributed by atoms with Crippen LogP contribution in [0.3, 0.4) is 0 Å². The van der Waals surface area contributed by atoms with E-state index < -0.39 is 5.82 Å². The zero-order chi connectivity index (χ0) is 20.9. The predicted octanol–water partition coefficient (Wildman–Crippen LogP) is 2.91. The van der Waals surface area contributed by atoms with Gasteiger partial charge in [0.25, 0.3) is 5.91 Å². The minimum atomic E-state index is -0.440. The summed E-state index contributed by atoms with van der Waals surface area (Å²) < 4.78 is 19.2. The van der Waals surface area contributed by atoms with E-state index in [1.807, 2.05) is 13.0 Å². The van der Waals surface area contributed by atoms with Crippen LogP contribution in [0.5, 0.6) is 5.75 Å². The van der Waals surface area contributed by atoms with Crippen LogP contribution < -0.4 is 9.64 Å². The van der Waals surface area contributed by atoms with Gasteiger partial charge in [-0.1, -0.05) is 0 Å². The van der Waals surface area contributed by atoms with E-state index >= 15 is 0 Å². The summed E-state index contributed by atoms with van der Waals surface area (Å²) >= 11 is 0. The first kappa shape index (κ1) is 20.3. The van der Waals surface area contributed by atoms with Gasteiger partial charge in [-0.05, 0) is 50.6 Å². The van der Waals surface area contributed by atoms with Crippen molar-refractivity contribution < 1.29 is 13.9 Å². The largest absolute Gasteiger partial charge is 0.462 e. The van der Waals surface area contributed by atoms with Crippen LogP contribution in [-0.2, 0) is 0 Å². The van der Waals surface area contributed by atoms with E-state index in [1.165, 1.54) is 18.2 Å². The zero-order valence-corrected chi connectivity index (χ0v) is 17.1. The van der Waals surface area contributed by atoms with Gasteiger partial charge in [0.15, 0.2) is 0 Å². The number of allylic oxidation sites excluding steroid dienone is 1. The quantitative estimate of drug-likeness (QED) is 0.682. The lowest BCUT2D eigenvalue weighted by atomic mass is 10.1. The third kappa shape index (κ3) is 4.59. The lowest BCUT2D eigenvalue weighted by Gasteiger charge is -2.34. The first-order chi connectivity index (χ1) is 14.6. The highest BCUT2D eigenvalue weighted by Crippen LogP contribution is 2.27. The van der Waals surface area contributed by atoms with Crippen molar-refractivity contribution in [2.24, 2.45) is 0 Å². The lowest BCUT2D eigenvalue weighted by molar-refractivity contribution is 0.0804. The molecule has 2 aromatic rings. The third-order valence-corrected chi connectivity index (χ3v) is 5.51. The Morgan fingerprint density at radius 1 is 1.07 bits per heavy atom. The molecule has 1 aromatic heterocycles. The summed E-state index contributed by atoms with van der Waals surface area (Å²) in [6.07, 6.45) is 6.95. The Bertz CT molecular complexity index is 913. The van der Waals surface area contributed by atoms with Crippen molar-refractivity contribution in [3.8, 4) is 5.75 Å². The molecule has 30 heavy (non-hydrogen) atoms. The van der Waals surface area contributed by atoms with E-state index in [9.17, 15) is 9.18 Å². The Kier molecular flexibility index (Phi) is 6.23. The van der Waals surface area contributed by atoms with Gasteiger partial charge < -0.3 is 14.5 Å². The normalized spacial score (nSPS) is 17.3. The zero-order valence-electron chi connectivity index (χ0n) is 17.1. The number of carbonyl (C=O) groups excluding carboxylic acids is 1. The molecule has 3 heterocycles. The van der Waals surface area contributed by atoms with Crippen LogP contribution in [0, 0.1) is 5.82 Å². The number of aromatic nitrogens is 2. The number of nitrogens with zero attached hydrogens (tertiary/aromatic N) is 5. The molecular weight excluding hydrogens is 385 g/mol. The van der Waals surface area contributed by atoms with Crippen molar-refractivity contribution in [3.05, 3.63) is 60.0 Å². The lowest BCUT2D eigenvalue weighted by Crippen LogP contribution is -2.47. The molecule has 0 saturated carbocycles. The third-order valence-electron chi connectivity index (χ3n) is 5.51. The number of carbonyl (C=O) groups is 1. The molecule has 158 valence electrons. The van der Waals surface area contributed by atoms with Gasteiger partial charge in [-0.2, -0.15) is 0 Å². The molecule has 0 radical (unpaired) electrons.